The number of aryl methyl sites for hydroxylation is 1. The molecule has 0 fully saturated rings. The molecule has 1 atom stereocenters. The van der Waals surface area contributed by atoms with Crippen LogP contribution in [0.3, 0.4) is 0 Å². The fourth-order valence-electron chi connectivity index (χ4n) is 1.90. The van der Waals surface area contributed by atoms with Crippen molar-refractivity contribution < 1.29 is 8.91 Å². The number of nitrogens with one attached hydrogen (secondary N) is 1. The molecule has 0 bridgehead atoms. The Bertz CT molecular complexity index is 573. The zero-order valence-electron chi connectivity index (χ0n) is 11.5. The zero-order valence-corrected chi connectivity index (χ0v) is 12.2. The molecule has 2 rings (SSSR count). The lowest BCUT2D eigenvalue weighted by atomic mass is 10.2. The molecule has 1 N–H and O–H groups in total. The van der Waals surface area contributed by atoms with Gasteiger partial charge in [0.05, 0.1) is 5.02 Å². The molecule has 1 heterocycles. The summed E-state index contributed by atoms with van der Waals surface area (Å²) in [5, 5.41) is 7.26. The highest BCUT2D eigenvalue weighted by atomic mass is 35.5. The van der Waals surface area contributed by atoms with Crippen LogP contribution in [-0.4, -0.2) is 22.7 Å². The minimum absolute atomic E-state index is 0.0506. The molecule has 20 heavy (non-hydrogen) atoms. The molecule has 0 radical (unpaired) electrons. The quantitative estimate of drug-likeness (QED) is 0.887. The Morgan fingerprint density at radius 3 is 2.95 bits per heavy atom. The molecule has 1 aromatic heterocycles. The van der Waals surface area contributed by atoms with E-state index in [2.05, 4.69) is 29.3 Å². The molecule has 108 valence electrons. The first kappa shape index (κ1) is 14.9. The average Bonchev–Trinajstić information content (AvgIpc) is 2.89. The van der Waals surface area contributed by atoms with Gasteiger partial charge in [0.1, 0.15) is 5.82 Å². The minimum atomic E-state index is -0.460. The number of hydrogen-bond acceptors (Lipinski definition) is 4. The summed E-state index contributed by atoms with van der Waals surface area (Å²) in [6.07, 6.45) is 1.62. The van der Waals surface area contributed by atoms with Crippen molar-refractivity contribution in [2.75, 3.05) is 6.54 Å². The summed E-state index contributed by atoms with van der Waals surface area (Å²) in [5.74, 6) is 0.543. The van der Waals surface area contributed by atoms with Crippen molar-refractivity contribution in [2.45, 2.75) is 32.7 Å². The van der Waals surface area contributed by atoms with Crippen LogP contribution in [0.15, 0.2) is 22.7 Å². The van der Waals surface area contributed by atoms with Crippen LogP contribution in [0.5, 0.6) is 0 Å². The van der Waals surface area contributed by atoms with E-state index >= 15 is 0 Å². The first-order chi connectivity index (χ1) is 9.60. The maximum absolute atomic E-state index is 13.1. The summed E-state index contributed by atoms with van der Waals surface area (Å²) >= 11 is 5.74. The van der Waals surface area contributed by atoms with Gasteiger partial charge in [0.25, 0.3) is 0 Å². The van der Waals surface area contributed by atoms with E-state index in [9.17, 15) is 4.39 Å². The fourth-order valence-corrected chi connectivity index (χ4v) is 2.08. The van der Waals surface area contributed by atoms with Gasteiger partial charge in [0, 0.05) is 18.0 Å². The number of hydrogen-bond donors (Lipinski definition) is 1. The largest absolute Gasteiger partial charge is 0.339 e. The van der Waals surface area contributed by atoms with Crippen LogP contribution in [0.2, 0.25) is 5.02 Å². The molecule has 1 unspecified atom stereocenters. The summed E-state index contributed by atoms with van der Waals surface area (Å²) in [6.45, 7) is 5.12. The van der Waals surface area contributed by atoms with Crippen molar-refractivity contribution in [2.24, 2.45) is 0 Å². The van der Waals surface area contributed by atoms with Crippen LogP contribution in [0, 0.1) is 5.82 Å². The van der Waals surface area contributed by atoms with E-state index in [1.165, 1.54) is 12.1 Å². The van der Waals surface area contributed by atoms with Gasteiger partial charge in [0.2, 0.25) is 11.7 Å². The van der Waals surface area contributed by atoms with Gasteiger partial charge in [-0.25, -0.2) is 4.39 Å². The van der Waals surface area contributed by atoms with Crippen molar-refractivity contribution >= 4 is 11.6 Å². The Kier molecular flexibility index (Phi) is 5.09. The molecular formula is C14H17ClFN3O. The Morgan fingerprint density at radius 1 is 1.45 bits per heavy atom. The van der Waals surface area contributed by atoms with Gasteiger partial charge in [-0.3, -0.25) is 0 Å². The SMILES string of the molecule is CCNC(C)CCc1nc(-c2ccc(F)c(Cl)c2)no1. The van der Waals surface area contributed by atoms with Crippen LogP contribution in [0.4, 0.5) is 4.39 Å². The fraction of sp³-hybridized carbons (Fsp3) is 0.429. The second-order valence-electron chi connectivity index (χ2n) is 4.64. The van der Waals surface area contributed by atoms with Gasteiger partial charge < -0.3 is 9.84 Å². The van der Waals surface area contributed by atoms with Gasteiger partial charge >= 0.3 is 0 Å². The molecule has 0 saturated heterocycles. The highest BCUT2D eigenvalue weighted by molar-refractivity contribution is 6.31. The standard InChI is InChI=1S/C14H17ClFN3O/c1-3-17-9(2)4-7-13-18-14(19-20-13)10-5-6-12(16)11(15)8-10/h5-6,8-9,17H,3-4,7H2,1-2H3. The molecule has 0 aliphatic carbocycles. The van der Waals surface area contributed by atoms with Crippen LogP contribution in [0.1, 0.15) is 26.2 Å². The van der Waals surface area contributed by atoms with E-state index < -0.39 is 5.82 Å². The zero-order chi connectivity index (χ0) is 14.5. The summed E-state index contributed by atoms with van der Waals surface area (Å²) < 4.78 is 18.3. The van der Waals surface area contributed by atoms with Crippen LogP contribution < -0.4 is 5.32 Å². The van der Waals surface area contributed by atoms with Crippen molar-refractivity contribution in [1.29, 1.82) is 0 Å². The van der Waals surface area contributed by atoms with E-state index in [4.69, 9.17) is 16.1 Å². The molecule has 2 aromatic rings. The molecule has 0 amide bonds. The Hall–Kier alpha value is -1.46. The third-order valence-electron chi connectivity index (χ3n) is 2.99. The smallest absolute Gasteiger partial charge is 0.227 e. The highest BCUT2D eigenvalue weighted by Crippen LogP contribution is 2.23. The Labute approximate surface area is 122 Å². The molecular weight excluding hydrogens is 281 g/mol. The second-order valence-corrected chi connectivity index (χ2v) is 5.05. The molecule has 1 aromatic carbocycles. The molecule has 0 saturated carbocycles. The minimum Gasteiger partial charge on any atom is -0.339 e. The number of benzene rings is 1. The number of rotatable bonds is 6. The van der Waals surface area contributed by atoms with Crippen molar-refractivity contribution in [1.82, 2.24) is 15.5 Å². The van der Waals surface area contributed by atoms with Crippen LogP contribution in [0.25, 0.3) is 11.4 Å². The van der Waals surface area contributed by atoms with Gasteiger partial charge in [-0.2, -0.15) is 4.98 Å². The predicted octanol–water partition coefficient (Wildman–Crippen LogP) is 3.46. The maximum Gasteiger partial charge on any atom is 0.227 e. The Balaban J connectivity index is 2.03. The van der Waals surface area contributed by atoms with E-state index in [0.29, 0.717) is 29.7 Å². The number of halogens is 2. The third kappa shape index (κ3) is 3.77. The van der Waals surface area contributed by atoms with Gasteiger partial charge in [-0.1, -0.05) is 23.7 Å². The topological polar surface area (TPSA) is 51.0 Å². The lowest BCUT2D eigenvalue weighted by Crippen LogP contribution is -2.25. The summed E-state index contributed by atoms with van der Waals surface area (Å²) in [7, 11) is 0. The maximum atomic E-state index is 13.1. The first-order valence-electron chi connectivity index (χ1n) is 6.61. The predicted molar refractivity (Wildman–Crippen MR) is 76.2 cm³/mol. The molecule has 6 heteroatoms. The van der Waals surface area contributed by atoms with E-state index in [-0.39, 0.29) is 5.02 Å². The lowest BCUT2D eigenvalue weighted by Gasteiger charge is -2.09. The first-order valence-corrected chi connectivity index (χ1v) is 6.99. The number of nitrogens with zero attached hydrogens (tertiary/aromatic N) is 2. The monoisotopic (exact) mass is 297 g/mol. The molecule has 4 nitrogen and oxygen atoms in total. The highest BCUT2D eigenvalue weighted by Gasteiger charge is 2.11. The van der Waals surface area contributed by atoms with Gasteiger partial charge in [0.15, 0.2) is 0 Å². The van der Waals surface area contributed by atoms with E-state index in [0.717, 1.165) is 13.0 Å². The summed E-state index contributed by atoms with van der Waals surface area (Å²) in [4.78, 5) is 4.30. The molecule has 0 spiro atoms. The Morgan fingerprint density at radius 2 is 2.25 bits per heavy atom. The molecule has 0 aliphatic rings. The normalized spacial score (nSPS) is 12.6. The van der Waals surface area contributed by atoms with Gasteiger partial charge in [-0.05, 0) is 38.1 Å². The van der Waals surface area contributed by atoms with E-state index in [1.807, 2.05) is 0 Å². The van der Waals surface area contributed by atoms with Crippen LogP contribution >= 0.6 is 11.6 Å². The summed E-state index contributed by atoms with van der Waals surface area (Å²) in [5.41, 5.74) is 0.645. The van der Waals surface area contributed by atoms with Crippen molar-refractivity contribution in [3.63, 3.8) is 0 Å². The summed E-state index contributed by atoms with van der Waals surface area (Å²) in [6, 6.07) is 4.76. The second kappa shape index (κ2) is 6.81. The average molecular weight is 298 g/mol. The number of aromatic nitrogens is 2. The van der Waals surface area contributed by atoms with Crippen molar-refractivity contribution in [3.8, 4) is 11.4 Å². The van der Waals surface area contributed by atoms with E-state index in [1.54, 1.807) is 6.07 Å². The van der Waals surface area contributed by atoms with Crippen molar-refractivity contribution in [3.05, 3.63) is 34.9 Å². The molecule has 0 aliphatic heterocycles. The third-order valence-corrected chi connectivity index (χ3v) is 3.28. The lowest BCUT2D eigenvalue weighted by molar-refractivity contribution is 0.368. The van der Waals surface area contributed by atoms with Gasteiger partial charge in [-0.15, -0.1) is 0 Å². The van der Waals surface area contributed by atoms with Crippen LogP contribution in [-0.2, 0) is 6.42 Å².